The van der Waals surface area contributed by atoms with Crippen LogP contribution in [-0.2, 0) is 17.8 Å². The molecule has 144 valence electrons. The molecule has 2 aliphatic heterocycles. The Morgan fingerprint density at radius 1 is 1.23 bits per heavy atom. The number of rotatable bonds is 5. The maximum atomic E-state index is 5.48. The molecule has 1 unspecified atom stereocenters. The number of likely N-dealkylation sites (tertiary alicyclic amines) is 1. The van der Waals surface area contributed by atoms with Crippen LogP contribution in [0, 0.1) is 0 Å². The van der Waals surface area contributed by atoms with Gasteiger partial charge < -0.3 is 19.9 Å². The molecule has 0 radical (unpaired) electrons. The lowest BCUT2D eigenvalue weighted by atomic mass is 10.1. The first kappa shape index (κ1) is 19.1. The second-order valence-corrected chi connectivity index (χ2v) is 7.50. The molecular formula is C20H33N5O. The van der Waals surface area contributed by atoms with Crippen LogP contribution in [0.1, 0.15) is 17.5 Å². The molecule has 0 amide bonds. The van der Waals surface area contributed by atoms with Gasteiger partial charge in [0.2, 0.25) is 0 Å². The fourth-order valence-electron chi connectivity index (χ4n) is 3.89. The number of aliphatic imine (C=N–C) groups is 1. The molecule has 0 spiro atoms. The first-order valence-electron chi connectivity index (χ1n) is 9.65. The molecule has 26 heavy (non-hydrogen) atoms. The van der Waals surface area contributed by atoms with Crippen molar-refractivity contribution >= 4 is 5.96 Å². The van der Waals surface area contributed by atoms with E-state index in [0.717, 1.165) is 58.4 Å². The molecule has 0 bridgehead atoms. The second kappa shape index (κ2) is 9.35. The van der Waals surface area contributed by atoms with E-state index in [-0.39, 0.29) is 0 Å². The maximum Gasteiger partial charge on any atom is 0.193 e. The van der Waals surface area contributed by atoms with Crippen molar-refractivity contribution in [3.05, 3.63) is 35.4 Å². The maximum absolute atomic E-state index is 5.48. The topological polar surface area (TPSA) is 43.3 Å². The van der Waals surface area contributed by atoms with Gasteiger partial charge in [-0.1, -0.05) is 24.3 Å². The van der Waals surface area contributed by atoms with E-state index in [0.29, 0.717) is 6.04 Å². The molecule has 6 nitrogen and oxygen atoms in total. The molecule has 1 atom stereocenters. The third-order valence-corrected chi connectivity index (χ3v) is 5.18. The molecule has 6 heteroatoms. The predicted octanol–water partition coefficient (Wildman–Crippen LogP) is 1.23. The van der Waals surface area contributed by atoms with Gasteiger partial charge in [0.1, 0.15) is 0 Å². The fourth-order valence-corrected chi connectivity index (χ4v) is 3.89. The predicted molar refractivity (Wildman–Crippen MR) is 106 cm³/mol. The second-order valence-electron chi connectivity index (χ2n) is 7.50. The quantitative estimate of drug-likeness (QED) is 0.633. The molecular weight excluding hydrogens is 326 g/mol. The highest BCUT2D eigenvalue weighted by molar-refractivity contribution is 5.80. The minimum atomic E-state index is 0.626. The van der Waals surface area contributed by atoms with Crippen molar-refractivity contribution in [2.24, 2.45) is 4.99 Å². The van der Waals surface area contributed by atoms with Gasteiger partial charge in [-0.2, -0.15) is 0 Å². The average Bonchev–Trinajstić information content (AvgIpc) is 3.13. The first-order valence-corrected chi connectivity index (χ1v) is 9.65. The van der Waals surface area contributed by atoms with Crippen molar-refractivity contribution in [2.75, 3.05) is 60.5 Å². The number of benzene rings is 1. The molecule has 3 rings (SSSR count). The Morgan fingerprint density at radius 2 is 2.00 bits per heavy atom. The summed E-state index contributed by atoms with van der Waals surface area (Å²) in [6.45, 7) is 7.76. The summed E-state index contributed by atoms with van der Waals surface area (Å²) in [5, 5.41) is 3.55. The van der Waals surface area contributed by atoms with E-state index < -0.39 is 0 Å². The van der Waals surface area contributed by atoms with Crippen LogP contribution in [-0.4, -0.2) is 87.2 Å². The monoisotopic (exact) mass is 359 g/mol. The molecule has 2 heterocycles. The summed E-state index contributed by atoms with van der Waals surface area (Å²) in [7, 11) is 6.09. The van der Waals surface area contributed by atoms with Gasteiger partial charge in [0.15, 0.2) is 5.96 Å². The van der Waals surface area contributed by atoms with Crippen LogP contribution in [0.2, 0.25) is 0 Å². The van der Waals surface area contributed by atoms with Gasteiger partial charge in [-0.15, -0.1) is 0 Å². The van der Waals surface area contributed by atoms with Gasteiger partial charge in [-0.05, 0) is 31.6 Å². The van der Waals surface area contributed by atoms with Gasteiger partial charge in [0.25, 0.3) is 0 Å². The Bertz CT molecular complexity index is 598. The van der Waals surface area contributed by atoms with Crippen LogP contribution in [0.25, 0.3) is 0 Å². The number of ether oxygens (including phenoxy) is 1. The molecule has 1 aromatic carbocycles. The normalized spacial score (nSPS) is 22.2. The van der Waals surface area contributed by atoms with Crippen molar-refractivity contribution in [1.82, 2.24) is 20.0 Å². The van der Waals surface area contributed by atoms with Gasteiger partial charge in [-0.25, -0.2) is 0 Å². The number of hydrogen-bond acceptors (Lipinski definition) is 4. The fraction of sp³-hybridized carbons (Fsp3) is 0.650. The minimum Gasteiger partial charge on any atom is -0.379 e. The zero-order valence-corrected chi connectivity index (χ0v) is 16.4. The Morgan fingerprint density at radius 3 is 2.73 bits per heavy atom. The average molecular weight is 360 g/mol. The zero-order valence-electron chi connectivity index (χ0n) is 16.4. The molecule has 1 aromatic rings. The molecule has 0 aromatic heterocycles. The van der Waals surface area contributed by atoms with Crippen molar-refractivity contribution in [1.29, 1.82) is 0 Å². The summed E-state index contributed by atoms with van der Waals surface area (Å²) in [6, 6.07) is 9.41. The third kappa shape index (κ3) is 5.19. The van der Waals surface area contributed by atoms with Crippen molar-refractivity contribution in [3.8, 4) is 0 Å². The number of nitrogens with zero attached hydrogens (tertiary/aromatic N) is 4. The SMILES string of the molecule is CN=C(NCc1cccc(CN(C)C)c1)N1CCC(N2CCOCC2)C1. The summed E-state index contributed by atoms with van der Waals surface area (Å²) >= 11 is 0. The van der Waals surface area contributed by atoms with Crippen LogP contribution in [0.4, 0.5) is 0 Å². The smallest absolute Gasteiger partial charge is 0.193 e. The molecule has 2 aliphatic rings. The van der Waals surface area contributed by atoms with Gasteiger partial charge in [0, 0.05) is 52.4 Å². The highest BCUT2D eigenvalue weighted by Gasteiger charge is 2.30. The zero-order chi connectivity index (χ0) is 18.4. The van der Waals surface area contributed by atoms with E-state index >= 15 is 0 Å². The highest BCUT2D eigenvalue weighted by atomic mass is 16.5. The van der Waals surface area contributed by atoms with Crippen LogP contribution < -0.4 is 5.32 Å². The summed E-state index contributed by atoms with van der Waals surface area (Å²) in [5.74, 6) is 1.01. The minimum absolute atomic E-state index is 0.626. The van der Waals surface area contributed by atoms with Crippen molar-refractivity contribution < 1.29 is 4.74 Å². The van der Waals surface area contributed by atoms with Crippen LogP contribution in [0.15, 0.2) is 29.3 Å². The molecule has 0 saturated carbocycles. The van der Waals surface area contributed by atoms with Crippen molar-refractivity contribution in [3.63, 3.8) is 0 Å². The van der Waals surface area contributed by atoms with E-state index in [1.807, 2.05) is 7.05 Å². The Kier molecular flexibility index (Phi) is 6.88. The number of hydrogen-bond donors (Lipinski definition) is 1. The Hall–Kier alpha value is -1.63. The molecule has 0 aliphatic carbocycles. The lowest BCUT2D eigenvalue weighted by molar-refractivity contribution is 0.0195. The Balaban J connectivity index is 1.52. The van der Waals surface area contributed by atoms with E-state index in [1.165, 1.54) is 17.5 Å². The van der Waals surface area contributed by atoms with Crippen LogP contribution in [0.3, 0.4) is 0 Å². The van der Waals surface area contributed by atoms with Gasteiger partial charge in [-0.3, -0.25) is 9.89 Å². The lowest BCUT2D eigenvalue weighted by Gasteiger charge is -2.32. The molecule has 2 fully saturated rings. The highest BCUT2D eigenvalue weighted by Crippen LogP contribution is 2.17. The Labute approximate surface area is 157 Å². The summed E-state index contributed by atoms with van der Waals surface area (Å²) in [6.07, 6.45) is 1.21. The standard InChI is InChI=1S/C20H33N5O/c1-21-20(22-14-17-5-4-6-18(13-17)15-23(2)3)25-8-7-19(16-25)24-9-11-26-12-10-24/h4-6,13,19H,7-12,14-16H2,1-3H3,(H,21,22). The van der Waals surface area contributed by atoms with E-state index in [1.54, 1.807) is 0 Å². The van der Waals surface area contributed by atoms with Gasteiger partial charge >= 0.3 is 0 Å². The largest absolute Gasteiger partial charge is 0.379 e. The van der Waals surface area contributed by atoms with Crippen LogP contribution in [0.5, 0.6) is 0 Å². The third-order valence-electron chi connectivity index (χ3n) is 5.18. The lowest BCUT2D eigenvalue weighted by Crippen LogP contribution is -2.46. The number of guanidine groups is 1. The summed E-state index contributed by atoms with van der Waals surface area (Å²) < 4.78 is 5.48. The van der Waals surface area contributed by atoms with E-state index in [2.05, 4.69) is 63.4 Å². The van der Waals surface area contributed by atoms with Crippen LogP contribution >= 0.6 is 0 Å². The van der Waals surface area contributed by atoms with Gasteiger partial charge in [0.05, 0.1) is 13.2 Å². The molecule has 1 N–H and O–H groups in total. The molecule has 2 saturated heterocycles. The van der Waals surface area contributed by atoms with E-state index in [9.17, 15) is 0 Å². The van der Waals surface area contributed by atoms with E-state index in [4.69, 9.17) is 4.74 Å². The number of nitrogens with one attached hydrogen (secondary N) is 1. The first-order chi connectivity index (χ1) is 12.7. The summed E-state index contributed by atoms with van der Waals surface area (Å²) in [5.41, 5.74) is 2.65. The summed E-state index contributed by atoms with van der Waals surface area (Å²) in [4.78, 5) is 11.7. The number of morpholine rings is 1. The van der Waals surface area contributed by atoms with Crippen molar-refractivity contribution in [2.45, 2.75) is 25.6 Å².